The zero-order valence-corrected chi connectivity index (χ0v) is 12.1. The smallest absolute Gasteiger partial charge is 0.0777 e. The van der Waals surface area contributed by atoms with Crippen molar-refractivity contribution in [2.24, 2.45) is 11.8 Å². The molecule has 3 aliphatic rings. The van der Waals surface area contributed by atoms with Gasteiger partial charge in [-0.15, -0.1) is 0 Å². The highest BCUT2D eigenvalue weighted by Gasteiger charge is 2.56. The third-order valence-electron chi connectivity index (χ3n) is 5.51. The molecule has 0 aromatic carbocycles. The Bertz CT molecular complexity index is 383. The van der Waals surface area contributed by atoms with Gasteiger partial charge in [0.2, 0.25) is 0 Å². The van der Waals surface area contributed by atoms with Gasteiger partial charge in [-0.3, -0.25) is 4.90 Å². The van der Waals surface area contributed by atoms with Crippen LogP contribution in [0.4, 0.5) is 0 Å². The molecule has 3 fully saturated rings. The highest BCUT2D eigenvalue weighted by atomic mass is 16.3. The molecule has 3 unspecified atom stereocenters. The van der Waals surface area contributed by atoms with Gasteiger partial charge in [-0.25, -0.2) is 0 Å². The third kappa shape index (κ3) is 2.53. The van der Waals surface area contributed by atoms with Crippen LogP contribution in [0.1, 0.15) is 45.4 Å². The van der Waals surface area contributed by atoms with Crippen LogP contribution in [-0.4, -0.2) is 34.2 Å². The highest BCUT2D eigenvalue weighted by Crippen LogP contribution is 2.50. The van der Waals surface area contributed by atoms with E-state index >= 15 is 0 Å². The Morgan fingerprint density at radius 2 is 2.21 bits per heavy atom. The Balaban J connectivity index is 1.67. The Labute approximate surface area is 117 Å². The summed E-state index contributed by atoms with van der Waals surface area (Å²) in [4.78, 5) is 2.64. The van der Waals surface area contributed by atoms with Crippen LogP contribution >= 0.6 is 0 Å². The first-order valence-corrected chi connectivity index (χ1v) is 7.79. The number of piperidine rings is 1. The van der Waals surface area contributed by atoms with Gasteiger partial charge in [0.15, 0.2) is 0 Å². The van der Waals surface area contributed by atoms with Crippen LogP contribution < -0.4 is 0 Å². The number of hydrogen-bond acceptors (Lipinski definition) is 2. The van der Waals surface area contributed by atoms with E-state index in [1.165, 1.54) is 32.2 Å². The van der Waals surface area contributed by atoms with E-state index in [0.29, 0.717) is 18.0 Å². The summed E-state index contributed by atoms with van der Waals surface area (Å²) in [6.07, 6.45) is 9.10. The fourth-order valence-electron chi connectivity index (χ4n) is 4.28. The molecular weight excluding hydrogens is 234 g/mol. The van der Waals surface area contributed by atoms with Gasteiger partial charge in [0, 0.05) is 18.6 Å². The highest BCUT2D eigenvalue weighted by molar-refractivity contribution is 5.14. The molecule has 2 nitrogen and oxygen atoms in total. The lowest BCUT2D eigenvalue weighted by atomic mass is 9.87. The molecule has 0 amide bonds. The predicted molar refractivity (Wildman–Crippen MR) is 78.9 cm³/mol. The molecule has 0 aromatic rings. The first-order chi connectivity index (χ1) is 9.01. The topological polar surface area (TPSA) is 23.5 Å². The second-order valence-corrected chi connectivity index (χ2v) is 7.18. The van der Waals surface area contributed by atoms with Crippen molar-refractivity contribution in [2.45, 2.75) is 63.1 Å². The van der Waals surface area contributed by atoms with E-state index in [1.54, 1.807) is 0 Å². The standard InChI is InChI=1S/C17H27NO/c1-4-12(2)5-8-15-14-9-16(17(3,19)10-14)18(15)11-13-6-7-13/h4,13-16,19H,1-2,5-11H2,3H3/t14?,15?,16?,17-/m0/s1. The van der Waals surface area contributed by atoms with E-state index in [1.807, 2.05) is 13.0 Å². The van der Waals surface area contributed by atoms with E-state index in [9.17, 15) is 5.11 Å². The van der Waals surface area contributed by atoms with Crippen LogP contribution in [0.15, 0.2) is 24.8 Å². The minimum absolute atomic E-state index is 0.403. The summed E-state index contributed by atoms with van der Waals surface area (Å²) in [7, 11) is 0. The molecule has 106 valence electrons. The molecule has 2 aliphatic carbocycles. The molecule has 0 aromatic heterocycles. The number of rotatable bonds is 6. The van der Waals surface area contributed by atoms with Gasteiger partial charge in [0.05, 0.1) is 5.60 Å². The van der Waals surface area contributed by atoms with E-state index < -0.39 is 5.60 Å². The van der Waals surface area contributed by atoms with Crippen molar-refractivity contribution in [2.75, 3.05) is 6.54 Å². The molecule has 4 atom stereocenters. The number of aliphatic hydroxyl groups is 1. The largest absolute Gasteiger partial charge is 0.389 e. The van der Waals surface area contributed by atoms with Gasteiger partial charge >= 0.3 is 0 Å². The molecule has 1 aliphatic heterocycles. The summed E-state index contributed by atoms with van der Waals surface area (Å²) in [5.74, 6) is 1.59. The van der Waals surface area contributed by atoms with E-state index in [-0.39, 0.29) is 0 Å². The Hall–Kier alpha value is -0.600. The minimum atomic E-state index is -0.453. The molecule has 0 spiro atoms. The van der Waals surface area contributed by atoms with Crippen molar-refractivity contribution in [3.05, 3.63) is 24.8 Å². The Morgan fingerprint density at radius 1 is 1.47 bits per heavy atom. The zero-order chi connectivity index (χ0) is 13.6. The van der Waals surface area contributed by atoms with E-state index in [2.05, 4.69) is 18.1 Å². The molecule has 2 bridgehead atoms. The molecule has 1 heterocycles. The average molecular weight is 261 g/mol. The maximum atomic E-state index is 10.6. The SMILES string of the molecule is C=CC(=C)CCC1C2CC(N1CC1CC1)[C@@](C)(O)C2. The molecular formula is C17H27NO. The van der Waals surface area contributed by atoms with E-state index in [0.717, 1.165) is 24.3 Å². The monoisotopic (exact) mass is 261 g/mol. The molecule has 1 N–H and O–H groups in total. The van der Waals surface area contributed by atoms with Gasteiger partial charge < -0.3 is 5.11 Å². The second kappa shape index (κ2) is 4.75. The Morgan fingerprint density at radius 3 is 2.84 bits per heavy atom. The number of likely N-dealkylation sites (tertiary alicyclic amines) is 1. The number of nitrogens with zero attached hydrogens (tertiary/aromatic N) is 1. The second-order valence-electron chi connectivity index (χ2n) is 7.18. The lowest BCUT2D eigenvalue weighted by Gasteiger charge is -2.43. The molecule has 1 saturated heterocycles. The molecule has 19 heavy (non-hydrogen) atoms. The van der Waals surface area contributed by atoms with Crippen molar-refractivity contribution in [1.82, 2.24) is 4.90 Å². The fraction of sp³-hybridized carbons (Fsp3) is 0.765. The van der Waals surface area contributed by atoms with Crippen molar-refractivity contribution >= 4 is 0 Å². The van der Waals surface area contributed by atoms with Gasteiger partial charge in [-0.05, 0) is 57.3 Å². The summed E-state index contributed by atoms with van der Waals surface area (Å²) in [6.45, 7) is 11.1. The first-order valence-electron chi connectivity index (χ1n) is 7.79. The molecule has 3 rings (SSSR count). The van der Waals surface area contributed by atoms with Crippen molar-refractivity contribution < 1.29 is 5.11 Å². The van der Waals surface area contributed by atoms with Crippen LogP contribution in [0, 0.1) is 11.8 Å². The van der Waals surface area contributed by atoms with E-state index in [4.69, 9.17) is 0 Å². The lowest BCUT2D eigenvalue weighted by Crippen LogP contribution is -2.53. The Kier molecular flexibility index (Phi) is 3.34. The van der Waals surface area contributed by atoms with Crippen LogP contribution in [-0.2, 0) is 0 Å². The quantitative estimate of drug-likeness (QED) is 0.743. The van der Waals surface area contributed by atoms with Crippen molar-refractivity contribution in [3.63, 3.8) is 0 Å². The summed E-state index contributed by atoms with van der Waals surface area (Å²) < 4.78 is 0. The molecule has 0 radical (unpaired) electrons. The lowest BCUT2D eigenvalue weighted by molar-refractivity contribution is -0.0526. The number of hydrogen-bond donors (Lipinski definition) is 1. The van der Waals surface area contributed by atoms with Crippen LogP contribution in [0.5, 0.6) is 0 Å². The van der Waals surface area contributed by atoms with Crippen LogP contribution in [0.2, 0.25) is 0 Å². The van der Waals surface area contributed by atoms with Crippen molar-refractivity contribution in [3.8, 4) is 0 Å². The fourth-order valence-corrected chi connectivity index (χ4v) is 4.28. The number of fused-ring (bicyclic) bond motifs is 2. The van der Waals surface area contributed by atoms with Gasteiger partial charge in [0.1, 0.15) is 0 Å². The minimum Gasteiger partial charge on any atom is -0.389 e. The van der Waals surface area contributed by atoms with Crippen molar-refractivity contribution in [1.29, 1.82) is 0 Å². The number of allylic oxidation sites excluding steroid dienone is 2. The summed E-state index contributed by atoms with van der Waals surface area (Å²) >= 11 is 0. The molecule has 2 heteroatoms. The predicted octanol–water partition coefficient (Wildman–Crippen LogP) is 3.13. The zero-order valence-electron chi connectivity index (χ0n) is 12.1. The first kappa shape index (κ1) is 13.4. The van der Waals surface area contributed by atoms with Gasteiger partial charge in [0.25, 0.3) is 0 Å². The third-order valence-corrected chi connectivity index (χ3v) is 5.51. The van der Waals surface area contributed by atoms with Gasteiger partial charge in [-0.2, -0.15) is 0 Å². The maximum absolute atomic E-state index is 10.6. The normalized spacial score (nSPS) is 41.7. The maximum Gasteiger partial charge on any atom is 0.0777 e. The summed E-state index contributed by atoms with van der Waals surface area (Å²) in [6, 6.07) is 1.07. The average Bonchev–Trinajstić information content (AvgIpc) is 3.03. The summed E-state index contributed by atoms with van der Waals surface area (Å²) in [5, 5.41) is 10.6. The van der Waals surface area contributed by atoms with Gasteiger partial charge in [-0.1, -0.05) is 24.8 Å². The molecule has 2 saturated carbocycles. The van der Waals surface area contributed by atoms with Crippen LogP contribution in [0.3, 0.4) is 0 Å². The van der Waals surface area contributed by atoms with Crippen LogP contribution in [0.25, 0.3) is 0 Å². The summed E-state index contributed by atoms with van der Waals surface area (Å²) in [5.41, 5.74) is 0.701.